The number of rotatable bonds is 7. The van der Waals surface area contributed by atoms with Gasteiger partial charge in [0.15, 0.2) is 0 Å². The van der Waals surface area contributed by atoms with E-state index in [2.05, 4.69) is 12.2 Å². The Balaban J connectivity index is 2.05. The molecule has 128 valence electrons. The minimum Gasteiger partial charge on any atom is -0.368 e. The summed E-state index contributed by atoms with van der Waals surface area (Å²) in [6, 6.07) is 6.58. The molecule has 1 aromatic carbocycles. The van der Waals surface area contributed by atoms with Crippen LogP contribution >= 0.6 is 0 Å². The van der Waals surface area contributed by atoms with Crippen LogP contribution in [0.4, 0.5) is 4.39 Å². The summed E-state index contributed by atoms with van der Waals surface area (Å²) in [4.78, 5) is 14.9. The van der Waals surface area contributed by atoms with E-state index in [-0.39, 0.29) is 11.7 Å². The highest BCUT2D eigenvalue weighted by Gasteiger charge is 2.42. The molecular weight excluding hydrogens is 295 g/mol. The van der Waals surface area contributed by atoms with Gasteiger partial charge in [0.1, 0.15) is 11.4 Å². The fourth-order valence-electron chi connectivity index (χ4n) is 3.17. The molecule has 1 saturated heterocycles. The quantitative estimate of drug-likeness (QED) is 0.838. The van der Waals surface area contributed by atoms with Crippen LogP contribution in [-0.2, 0) is 16.0 Å². The number of ether oxygens (including phenoxy) is 1. The molecule has 0 aliphatic carbocycles. The Labute approximate surface area is 138 Å². The van der Waals surface area contributed by atoms with Gasteiger partial charge in [-0.25, -0.2) is 4.39 Å². The summed E-state index contributed by atoms with van der Waals surface area (Å²) in [5.74, 6) is -0.165. The normalized spacial score (nSPS) is 17.0. The van der Waals surface area contributed by atoms with Gasteiger partial charge in [-0.15, -0.1) is 0 Å². The highest BCUT2D eigenvalue weighted by molar-refractivity contribution is 5.85. The first-order valence-corrected chi connectivity index (χ1v) is 8.41. The summed E-state index contributed by atoms with van der Waals surface area (Å²) in [5, 5.41) is 3.27. The predicted molar refractivity (Wildman–Crippen MR) is 88.8 cm³/mol. The number of piperidine rings is 1. The van der Waals surface area contributed by atoms with Crippen molar-refractivity contribution >= 4 is 5.91 Å². The van der Waals surface area contributed by atoms with Crippen molar-refractivity contribution in [1.29, 1.82) is 0 Å². The first-order valence-electron chi connectivity index (χ1n) is 8.41. The van der Waals surface area contributed by atoms with Crippen LogP contribution in [-0.4, -0.2) is 49.7 Å². The van der Waals surface area contributed by atoms with Crippen molar-refractivity contribution in [3.8, 4) is 0 Å². The van der Waals surface area contributed by atoms with Crippen molar-refractivity contribution in [3.05, 3.63) is 35.6 Å². The number of amides is 1. The third-order valence-corrected chi connectivity index (χ3v) is 4.53. The van der Waals surface area contributed by atoms with Crippen molar-refractivity contribution < 1.29 is 13.9 Å². The molecule has 1 N–H and O–H groups in total. The fraction of sp³-hybridized carbons (Fsp3) is 0.611. The monoisotopic (exact) mass is 322 g/mol. The minimum atomic E-state index is -0.706. The molecule has 1 aromatic rings. The van der Waals surface area contributed by atoms with E-state index in [0.717, 1.165) is 25.1 Å². The number of carbonyl (C=O) groups is 1. The maximum absolute atomic E-state index is 13.3. The Bertz CT molecular complexity index is 515. The van der Waals surface area contributed by atoms with Crippen molar-refractivity contribution in [2.45, 2.75) is 38.2 Å². The lowest BCUT2D eigenvalue weighted by Crippen LogP contribution is -2.55. The molecule has 0 radical (unpaired) electrons. The molecule has 0 saturated carbocycles. The molecule has 5 heteroatoms. The van der Waals surface area contributed by atoms with Crippen LogP contribution in [0.1, 0.15) is 31.7 Å². The molecule has 23 heavy (non-hydrogen) atoms. The van der Waals surface area contributed by atoms with Crippen LogP contribution in [0.25, 0.3) is 0 Å². The molecule has 0 atom stereocenters. The van der Waals surface area contributed by atoms with E-state index in [9.17, 15) is 9.18 Å². The van der Waals surface area contributed by atoms with Crippen LogP contribution in [0, 0.1) is 5.82 Å². The summed E-state index contributed by atoms with van der Waals surface area (Å²) in [5.41, 5.74) is 0.207. The smallest absolute Gasteiger partial charge is 0.254 e. The van der Waals surface area contributed by atoms with Gasteiger partial charge < -0.3 is 15.0 Å². The van der Waals surface area contributed by atoms with Crippen LogP contribution < -0.4 is 5.32 Å². The van der Waals surface area contributed by atoms with Gasteiger partial charge in [0.05, 0.1) is 0 Å². The van der Waals surface area contributed by atoms with Gasteiger partial charge in [-0.05, 0) is 56.5 Å². The van der Waals surface area contributed by atoms with Gasteiger partial charge in [0, 0.05) is 20.2 Å². The number of methoxy groups -OCH3 is 1. The van der Waals surface area contributed by atoms with Crippen molar-refractivity contribution in [2.75, 3.05) is 33.3 Å². The van der Waals surface area contributed by atoms with E-state index >= 15 is 0 Å². The Morgan fingerprint density at radius 1 is 1.35 bits per heavy atom. The SMILES string of the molecule is CCCN(CCc1cccc(F)c1)C(=O)C1(OC)CCNCC1. The topological polar surface area (TPSA) is 41.6 Å². The predicted octanol–water partition coefficient (Wildman–Crippen LogP) is 2.38. The van der Waals surface area contributed by atoms with E-state index < -0.39 is 5.60 Å². The summed E-state index contributed by atoms with van der Waals surface area (Å²) < 4.78 is 18.9. The fourth-order valence-corrected chi connectivity index (χ4v) is 3.17. The maximum atomic E-state index is 13.3. The van der Waals surface area contributed by atoms with E-state index in [0.29, 0.717) is 32.4 Å². The van der Waals surface area contributed by atoms with Crippen molar-refractivity contribution in [2.24, 2.45) is 0 Å². The Kier molecular flexibility index (Phi) is 6.54. The lowest BCUT2D eigenvalue weighted by Gasteiger charge is -2.39. The first kappa shape index (κ1) is 17.9. The molecule has 0 spiro atoms. The molecule has 4 nitrogen and oxygen atoms in total. The highest BCUT2D eigenvalue weighted by Crippen LogP contribution is 2.25. The molecule has 2 rings (SSSR count). The minimum absolute atomic E-state index is 0.0692. The van der Waals surface area contributed by atoms with Crippen LogP contribution in [0.15, 0.2) is 24.3 Å². The molecule has 1 aliphatic heterocycles. The summed E-state index contributed by atoms with van der Waals surface area (Å²) in [7, 11) is 1.62. The Morgan fingerprint density at radius 2 is 2.09 bits per heavy atom. The van der Waals surface area contributed by atoms with Gasteiger partial charge in [-0.3, -0.25) is 4.79 Å². The summed E-state index contributed by atoms with van der Waals surface area (Å²) in [6.45, 7) is 4.94. The Morgan fingerprint density at radius 3 is 2.70 bits per heavy atom. The number of benzene rings is 1. The lowest BCUT2D eigenvalue weighted by atomic mass is 9.90. The molecule has 0 unspecified atom stereocenters. The number of halogens is 1. The number of nitrogens with zero attached hydrogens (tertiary/aromatic N) is 1. The molecular formula is C18H27FN2O2. The van der Waals surface area contributed by atoms with Gasteiger partial charge in [-0.2, -0.15) is 0 Å². The van der Waals surface area contributed by atoms with E-state index in [1.807, 2.05) is 11.0 Å². The van der Waals surface area contributed by atoms with Gasteiger partial charge >= 0.3 is 0 Å². The number of hydrogen-bond donors (Lipinski definition) is 1. The van der Waals surface area contributed by atoms with Crippen LogP contribution in [0.3, 0.4) is 0 Å². The molecule has 1 amide bonds. The molecule has 0 bridgehead atoms. The molecule has 1 heterocycles. The van der Waals surface area contributed by atoms with Crippen LogP contribution in [0.2, 0.25) is 0 Å². The number of carbonyl (C=O) groups excluding carboxylic acids is 1. The average Bonchev–Trinajstić information content (AvgIpc) is 2.58. The second kappa shape index (κ2) is 8.41. The largest absolute Gasteiger partial charge is 0.368 e. The van der Waals surface area contributed by atoms with Gasteiger partial charge in [0.2, 0.25) is 0 Å². The molecule has 0 aromatic heterocycles. The second-order valence-electron chi connectivity index (χ2n) is 6.12. The summed E-state index contributed by atoms with van der Waals surface area (Å²) in [6.07, 6.45) is 2.94. The maximum Gasteiger partial charge on any atom is 0.254 e. The van der Waals surface area contributed by atoms with Gasteiger partial charge in [0.25, 0.3) is 5.91 Å². The van der Waals surface area contributed by atoms with Crippen molar-refractivity contribution in [1.82, 2.24) is 10.2 Å². The summed E-state index contributed by atoms with van der Waals surface area (Å²) >= 11 is 0. The average molecular weight is 322 g/mol. The zero-order valence-corrected chi connectivity index (χ0v) is 14.1. The van der Waals surface area contributed by atoms with Crippen molar-refractivity contribution in [3.63, 3.8) is 0 Å². The van der Waals surface area contributed by atoms with E-state index in [1.165, 1.54) is 12.1 Å². The highest BCUT2D eigenvalue weighted by atomic mass is 19.1. The Hall–Kier alpha value is -1.46. The zero-order valence-electron chi connectivity index (χ0n) is 14.1. The van der Waals surface area contributed by atoms with E-state index in [4.69, 9.17) is 4.74 Å². The first-order chi connectivity index (χ1) is 11.1. The number of hydrogen-bond acceptors (Lipinski definition) is 3. The van der Waals surface area contributed by atoms with Crippen LogP contribution in [0.5, 0.6) is 0 Å². The van der Waals surface area contributed by atoms with E-state index in [1.54, 1.807) is 13.2 Å². The number of nitrogens with one attached hydrogen (secondary N) is 1. The van der Waals surface area contributed by atoms with Gasteiger partial charge in [-0.1, -0.05) is 19.1 Å². The third-order valence-electron chi connectivity index (χ3n) is 4.53. The third kappa shape index (κ3) is 4.52. The second-order valence-corrected chi connectivity index (χ2v) is 6.12. The lowest BCUT2D eigenvalue weighted by molar-refractivity contribution is -0.158. The molecule has 1 fully saturated rings. The zero-order chi connectivity index (χ0) is 16.7. The molecule has 1 aliphatic rings. The standard InChI is InChI=1S/C18H27FN2O2/c1-3-12-21(13-7-15-5-4-6-16(19)14-15)17(22)18(23-2)8-10-20-11-9-18/h4-6,14,20H,3,7-13H2,1-2H3.